The van der Waals surface area contributed by atoms with Gasteiger partial charge >= 0.3 is 0 Å². The lowest BCUT2D eigenvalue weighted by Gasteiger charge is -1.98. The molecule has 0 aromatic rings. The molecule has 0 atom stereocenters. The fourth-order valence-corrected chi connectivity index (χ4v) is 1.87. The van der Waals surface area contributed by atoms with Crippen LogP contribution in [0.25, 0.3) is 0 Å². The summed E-state index contributed by atoms with van der Waals surface area (Å²) in [5, 5.41) is 9.83. The van der Waals surface area contributed by atoms with Gasteiger partial charge in [-0.2, -0.15) is 11.8 Å². The molecule has 0 unspecified atom stereocenters. The Labute approximate surface area is 72.5 Å². The number of carbonyl (C=O) groups excluding carboxylic acids is 1. The summed E-state index contributed by atoms with van der Waals surface area (Å²) < 4.78 is 1.10. The van der Waals surface area contributed by atoms with Crippen molar-refractivity contribution < 1.29 is 9.90 Å². The minimum atomic E-state index is -0.964. The van der Waals surface area contributed by atoms with Gasteiger partial charge in [-0.3, -0.25) is 0 Å². The molecule has 0 aromatic carbocycles. The summed E-state index contributed by atoms with van der Waals surface area (Å²) in [6, 6.07) is 0. The molecule has 0 N–H and O–H groups in total. The SMILES string of the molecule is O=C([O-])CSCCCI. The number of hydrogen-bond donors (Lipinski definition) is 0. The van der Waals surface area contributed by atoms with Gasteiger partial charge in [-0.05, 0) is 12.2 Å². The van der Waals surface area contributed by atoms with E-state index in [2.05, 4.69) is 22.6 Å². The number of carboxylic acid groups (broad SMARTS) is 1. The van der Waals surface area contributed by atoms with Gasteiger partial charge in [-0.15, -0.1) is 0 Å². The Morgan fingerprint density at radius 2 is 2.33 bits per heavy atom. The first kappa shape index (κ1) is 9.55. The third-order valence-corrected chi connectivity index (χ3v) is 2.42. The fourth-order valence-electron chi connectivity index (χ4n) is 0.312. The van der Waals surface area contributed by atoms with Gasteiger partial charge in [0.1, 0.15) is 0 Å². The highest BCUT2D eigenvalue weighted by Crippen LogP contribution is 2.02. The van der Waals surface area contributed by atoms with Crippen molar-refractivity contribution in [1.29, 1.82) is 0 Å². The Morgan fingerprint density at radius 3 is 2.78 bits per heavy atom. The number of carbonyl (C=O) groups is 1. The zero-order chi connectivity index (χ0) is 7.11. The van der Waals surface area contributed by atoms with Crippen molar-refractivity contribution in [3.8, 4) is 0 Å². The molecular formula is C5H8IO2S-. The second-order valence-electron chi connectivity index (χ2n) is 1.47. The Morgan fingerprint density at radius 1 is 1.67 bits per heavy atom. The third-order valence-electron chi connectivity index (χ3n) is 0.642. The summed E-state index contributed by atoms with van der Waals surface area (Å²) >= 11 is 3.69. The summed E-state index contributed by atoms with van der Waals surface area (Å²) in [5.41, 5.74) is 0. The van der Waals surface area contributed by atoms with Crippen LogP contribution in [0.1, 0.15) is 6.42 Å². The van der Waals surface area contributed by atoms with Crippen LogP contribution in [-0.4, -0.2) is 21.9 Å². The topological polar surface area (TPSA) is 40.1 Å². The van der Waals surface area contributed by atoms with Crippen molar-refractivity contribution in [2.75, 3.05) is 15.9 Å². The van der Waals surface area contributed by atoms with Crippen LogP contribution in [0.5, 0.6) is 0 Å². The molecule has 0 spiro atoms. The zero-order valence-corrected chi connectivity index (χ0v) is 7.91. The molecule has 0 saturated carbocycles. The number of carboxylic acids is 1. The van der Waals surface area contributed by atoms with Crippen molar-refractivity contribution in [2.45, 2.75) is 6.42 Å². The monoisotopic (exact) mass is 259 g/mol. The van der Waals surface area contributed by atoms with Gasteiger partial charge in [0.05, 0.1) is 5.97 Å². The highest BCUT2D eigenvalue weighted by Gasteiger charge is 1.87. The van der Waals surface area contributed by atoms with Crippen molar-refractivity contribution >= 4 is 40.3 Å². The number of rotatable bonds is 5. The molecule has 0 aliphatic carbocycles. The van der Waals surface area contributed by atoms with Crippen LogP contribution >= 0.6 is 34.4 Å². The normalized spacial score (nSPS) is 9.44. The molecule has 4 heteroatoms. The highest BCUT2D eigenvalue weighted by molar-refractivity contribution is 14.1. The van der Waals surface area contributed by atoms with Gasteiger partial charge in [0.15, 0.2) is 0 Å². The number of aliphatic carboxylic acids is 1. The van der Waals surface area contributed by atoms with E-state index in [1.165, 1.54) is 11.8 Å². The van der Waals surface area contributed by atoms with E-state index in [0.717, 1.165) is 16.6 Å². The predicted octanol–water partition coefficient (Wildman–Crippen LogP) is 0.295. The average molecular weight is 259 g/mol. The molecule has 0 rings (SSSR count). The maximum atomic E-state index is 9.83. The number of hydrogen-bond acceptors (Lipinski definition) is 3. The van der Waals surface area contributed by atoms with Crippen molar-refractivity contribution in [3.05, 3.63) is 0 Å². The molecule has 0 saturated heterocycles. The molecule has 9 heavy (non-hydrogen) atoms. The molecule has 0 bridgehead atoms. The van der Waals surface area contributed by atoms with E-state index in [1.807, 2.05) is 0 Å². The van der Waals surface area contributed by atoms with E-state index in [9.17, 15) is 9.90 Å². The van der Waals surface area contributed by atoms with Crippen LogP contribution < -0.4 is 5.11 Å². The van der Waals surface area contributed by atoms with Crippen molar-refractivity contribution in [1.82, 2.24) is 0 Å². The minimum absolute atomic E-state index is 0.136. The van der Waals surface area contributed by atoms with Crippen LogP contribution in [0.3, 0.4) is 0 Å². The fraction of sp³-hybridized carbons (Fsp3) is 0.800. The van der Waals surface area contributed by atoms with Gasteiger partial charge in [-0.1, -0.05) is 22.6 Å². The van der Waals surface area contributed by atoms with Gasteiger partial charge in [0.2, 0.25) is 0 Å². The lowest BCUT2D eigenvalue weighted by atomic mass is 10.6. The van der Waals surface area contributed by atoms with Crippen LogP contribution in [0, 0.1) is 0 Å². The summed E-state index contributed by atoms with van der Waals surface area (Å²) in [6.45, 7) is 0. The molecule has 0 heterocycles. The first-order chi connectivity index (χ1) is 4.27. The number of halogens is 1. The first-order valence-electron chi connectivity index (χ1n) is 2.61. The van der Waals surface area contributed by atoms with Gasteiger partial charge in [0.25, 0.3) is 0 Å². The smallest absolute Gasteiger partial charge is 0.0513 e. The van der Waals surface area contributed by atoms with E-state index < -0.39 is 5.97 Å². The highest BCUT2D eigenvalue weighted by atomic mass is 127. The number of thioether (sulfide) groups is 1. The largest absolute Gasteiger partial charge is 0.549 e. The van der Waals surface area contributed by atoms with Crippen LogP contribution in [0.2, 0.25) is 0 Å². The summed E-state index contributed by atoms with van der Waals surface area (Å²) in [7, 11) is 0. The van der Waals surface area contributed by atoms with Crippen LogP contribution in [0.15, 0.2) is 0 Å². The first-order valence-corrected chi connectivity index (χ1v) is 5.29. The van der Waals surface area contributed by atoms with E-state index >= 15 is 0 Å². The second kappa shape index (κ2) is 6.67. The Kier molecular flexibility index (Phi) is 7.07. The molecule has 0 aromatic heterocycles. The van der Waals surface area contributed by atoms with Crippen LogP contribution in [0.4, 0.5) is 0 Å². The lowest BCUT2D eigenvalue weighted by Crippen LogP contribution is -2.24. The Balaban J connectivity index is 2.83. The summed E-state index contributed by atoms with van der Waals surface area (Å²) in [4.78, 5) is 9.83. The molecule has 2 nitrogen and oxygen atoms in total. The Hall–Kier alpha value is 0.550. The standard InChI is InChI=1S/C5H9IO2S/c6-2-1-3-9-4-5(7)8/h1-4H2,(H,7,8)/p-1. The van der Waals surface area contributed by atoms with E-state index in [-0.39, 0.29) is 5.75 Å². The molecule has 0 aliphatic rings. The average Bonchev–Trinajstić information content (AvgIpc) is 1.80. The second-order valence-corrected chi connectivity index (χ2v) is 3.65. The molecule has 0 amide bonds. The van der Waals surface area contributed by atoms with Crippen LogP contribution in [-0.2, 0) is 4.79 Å². The van der Waals surface area contributed by atoms with Gasteiger partial charge < -0.3 is 9.90 Å². The minimum Gasteiger partial charge on any atom is -0.549 e. The third kappa shape index (κ3) is 8.55. The van der Waals surface area contributed by atoms with Crippen molar-refractivity contribution in [2.24, 2.45) is 0 Å². The molecule has 54 valence electrons. The molecule has 0 aliphatic heterocycles. The molecule has 0 fully saturated rings. The van der Waals surface area contributed by atoms with E-state index in [1.54, 1.807) is 0 Å². The van der Waals surface area contributed by atoms with Gasteiger partial charge in [-0.25, -0.2) is 0 Å². The zero-order valence-electron chi connectivity index (χ0n) is 4.93. The van der Waals surface area contributed by atoms with E-state index in [4.69, 9.17) is 0 Å². The van der Waals surface area contributed by atoms with Gasteiger partial charge in [0, 0.05) is 10.2 Å². The maximum absolute atomic E-state index is 9.83. The molecular weight excluding hydrogens is 251 g/mol. The number of alkyl halides is 1. The summed E-state index contributed by atoms with van der Waals surface area (Å²) in [6.07, 6.45) is 1.08. The van der Waals surface area contributed by atoms with Crippen molar-refractivity contribution in [3.63, 3.8) is 0 Å². The quantitative estimate of drug-likeness (QED) is 0.405. The maximum Gasteiger partial charge on any atom is 0.0513 e. The van der Waals surface area contributed by atoms with E-state index in [0.29, 0.717) is 0 Å². The lowest BCUT2D eigenvalue weighted by molar-refractivity contribution is -0.301. The molecule has 0 radical (unpaired) electrons. The summed E-state index contributed by atoms with van der Waals surface area (Å²) in [5.74, 6) is 0.0987. The predicted molar refractivity (Wildman–Crippen MR) is 45.8 cm³/mol. The Bertz CT molecular complexity index is 87.0.